The summed E-state index contributed by atoms with van der Waals surface area (Å²) >= 11 is 5.91. The van der Waals surface area contributed by atoms with Gasteiger partial charge in [0, 0.05) is 16.3 Å². The maximum atomic E-state index is 12.0. The second-order valence-electron chi connectivity index (χ2n) is 5.10. The van der Waals surface area contributed by atoms with Crippen LogP contribution in [-0.2, 0) is 4.79 Å². The third-order valence-corrected chi connectivity index (χ3v) is 3.48. The van der Waals surface area contributed by atoms with E-state index in [1.807, 2.05) is 13.0 Å². The normalized spacial score (nSPS) is 10.2. The molecule has 6 heteroatoms. The van der Waals surface area contributed by atoms with E-state index in [0.717, 1.165) is 5.56 Å². The van der Waals surface area contributed by atoms with Gasteiger partial charge in [-0.3, -0.25) is 9.59 Å². The fourth-order valence-electron chi connectivity index (χ4n) is 1.96. The number of carbonyl (C=O) groups excluding carboxylic acids is 2. The van der Waals surface area contributed by atoms with Gasteiger partial charge < -0.3 is 15.8 Å². The Morgan fingerprint density at radius 3 is 2.61 bits per heavy atom. The number of ether oxygens (including phenoxy) is 1. The molecule has 5 nitrogen and oxygen atoms in total. The Morgan fingerprint density at radius 1 is 1.22 bits per heavy atom. The van der Waals surface area contributed by atoms with E-state index in [9.17, 15) is 9.59 Å². The third-order valence-electron chi connectivity index (χ3n) is 3.25. The number of benzene rings is 2. The van der Waals surface area contributed by atoms with Gasteiger partial charge in [-0.05, 0) is 49.7 Å². The van der Waals surface area contributed by atoms with Crippen molar-refractivity contribution in [3.05, 3.63) is 52.5 Å². The number of nitrogens with one attached hydrogen (secondary N) is 1. The molecule has 0 aromatic heterocycles. The predicted molar refractivity (Wildman–Crippen MR) is 91.2 cm³/mol. The molecule has 0 atom stereocenters. The van der Waals surface area contributed by atoms with Gasteiger partial charge in [0.05, 0.1) is 5.69 Å². The van der Waals surface area contributed by atoms with Gasteiger partial charge in [0.1, 0.15) is 5.75 Å². The molecule has 0 bridgehead atoms. The number of ketones is 1. The number of halogens is 1. The number of nitrogens with two attached hydrogens (primary N) is 1. The van der Waals surface area contributed by atoms with E-state index in [0.29, 0.717) is 27.7 Å². The SMILES string of the molecule is CC(=O)c1ccc(OCC(=O)Nc2cc(Cl)ccc2C)c(N)c1. The molecule has 0 spiro atoms. The number of hydrogen-bond donors (Lipinski definition) is 2. The van der Waals surface area contributed by atoms with Crippen LogP contribution in [0.15, 0.2) is 36.4 Å². The standard InChI is InChI=1S/C17H17ClN2O3/c1-10-3-5-13(18)8-15(10)20-17(22)9-23-16-6-4-12(11(2)21)7-14(16)19/h3-8H,9,19H2,1-2H3,(H,20,22). The van der Waals surface area contributed by atoms with Crippen molar-refractivity contribution < 1.29 is 14.3 Å². The summed E-state index contributed by atoms with van der Waals surface area (Å²) in [6.07, 6.45) is 0. The number of carbonyl (C=O) groups is 2. The van der Waals surface area contributed by atoms with Crippen molar-refractivity contribution in [2.45, 2.75) is 13.8 Å². The molecule has 2 aromatic carbocycles. The lowest BCUT2D eigenvalue weighted by Gasteiger charge is -2.11. The van der Waals surface area contributed by atoms with E-state index >= 15 is 0 Å². The summed E-state index contributed by atoms with van der Waals surface area (Å²) < 4.78 is 5.39. The second-order valence-corrected chi connectivity index (χ2v) is 5.54. The summed E-state index contributed by atoms with van der Waals surface area (Å²) in [4.78, 5) is 23.2. The highest BCUT2D eigenvalue weighted by atomic mass is 35.5. The zero-order valence-electron chi connectivity index (χ0n) is 12.9. The lowest BCUT2D eigenvalue weighted by atomic mass is 10.1. The summed E-state index contributed by atoms with van der Waals surface area (Å²) in [6, 6.07) is 9.94. The highest BCUT2D eigenvalue weighted by molar-refractivity contribution is 6.31. The van der Waals surface area contributed by atoms with Crippen LogP contribution >= 0.6 is 11.6 Å². The van der Waals surface area contributed by atoms with Gasteiger partial charge in [0.25, 0.3) is 5.91 Å². The van der Waals surface area contributed by atoms with Crippen molar-refractivity contribution in [1.82, 2.24) is 0 Å². The second kappa shape index (κ2) is 7.15. The van der Waals surface area contributed by atoms with Crippen LogP contribution in [0.25, 0.3) is 0 Å². The van der Waals surface area contributed by atoms with Gasteiger partial charge in [-0.25, -0.2) is 0 Å². The number of Topliss-reactive ketones (excluding diaryl/α,β-unsaturated/α-hetero) is 1. The molecule has 0 saturated heterocycles. The van der Waals surface area contributed by atoms with E-state index in [1.165, 1.54) is 13.0 Å². The first-order valence-corrected chi connectivity index (χ1v) is 7.34. The molecule has 0 heterocycles. The van der Waals surface area contributed by atoms with Gasteiger partial charge in [-0.15, -0.1) is 0 Å². The molecule has 0 unspecified atom stereocenters. The van der Waals surface area contributed by atoms with Crippen LogP contribution in [0.5, 0.6) is 5.75 Å². The highest BCUT2D eigenvalue weighted by Gasteiger charge is 2.09. The van der Waals surface area contributed by atoms with Crippen LogP contribution in [0, 0.1) is 6.92 Å². The minimum absolute atomic E-state index is 0.0857. The average molecular weight is 333 g/mol. The van der Waals surface area contributed by atoms with Crippen molar-refractivity contribution in [3.8, 4) is 5.75 Å². The van der Waals surface area contributed by atoms with Crippen molar-refractivity contribution in [2.24, 2.45) is 0 Å². The summed E-state index contributed by atoms with van der Waals surface area (Å²) in [5, 5.41) is 3.26. The fourth-order valence-corrected chi connectivity index (χ4v) is 2.13. The van der Waals surface area contributed by atoms with Crippen LogP contribution < -0.4 is 15.8 Å². The number of rotatable bonds is 5. The number of hydrogen-bond acceptors (Lipinski definition) is 4. The molecule has 23 heavy (non-hydrogen) atoms. The summed E-state index contributed by atoms with van der Waals surface area (Å²) in [5.74, 6) is -0.0594. The molecule has 2 rings (SSSR count). The third kappa shape index (κ3) is 4.47. The van der Waals surface area contributed by atoms with Crippen LogP contribution in [0.1, 0.15) is 22.8 Å². The molecular weight excluding hydrogens is 316 g/mol. The summed E-state index contributed by atoms with van der Waals surface area (Å²) in [6.45, 7) is 3.12. The largest absolute Gasteiger partial charge is 0.482 e. The van der Waals surface area contributed by atoms with Crippen molar-refractivity contribution in [1.29, 1.82) is 0 Å². The fraction of sp³-hybridized carbons (Fsp3) is 0.176. The predicted octanol–water partition coefficient (Wildman–Crippen LogP) is 3.45. The maximum absolute atomic E-state index is 12.0. The highest BCUT2D eigenvalue weighted by Crippen LogP contribution is 2.23. The van der Waals surface area contributed by atoms with E-state index in [2.05, 4.69) is 5.32 Å². The zero-order valence-corrected chi connectivity index (χ0v) is 13.6. The van der Waals surface area contributed by atoms with Crippen LogP contribution in [0.4, 0.5) is 11.4 Å². The first-order valence-electron chi connectivity index (χ1n) is 6.96. The molecular formula is C17H17ClN2O3. The Bertz CT molecular complexity index is 759. The van der Waals surface area contributed by atoms with Gasteiger partial charge >= 0.3 is 0 Å². The van der Waals surface area contributed by atoms with E-state index in [4.69, 9.17) is 22.1 Å². The van der Waals surface area contributed by atoms with Gasteiger partial charge in [0.2, 0.25) is 0 Å². The number of nitrogen functional groups attached to an aromatic ring is 1. The Labute approximate surface area is 139 Å². The topological polar surface area (TPSA) is 81.4 Å². The molecule has 120 valence electrons. The van der Waals surface area contributed by atoms with Crippen molar-refractivity contribution in [2.75, 3.05) is 17.7 Å². The molecule has 2 aromatic rings. The van der Waals surface area contributed by atoms with Gasteiger partial charge in [-0.2, -0.15) is 0 Å². The molecule has 0 radical (unpaired) electrons. The molecule has 1 amide bonds. The van der Waals surface area contributed by atoms with E-state index in [1.54, 1.807) is 24.3 Å². The molecule has 0 aliphatic carbocycles. The molecule has 0 fully saturated rings. The van der Waals surface area contributed by atoms with Crippen LogP contribution in [0.2, 0.25) is 5.02 Å². The number of anilines is 2. The minimum atomic E-state index is -0.328. The summed E-state index contributed by atoms with van der Waals surface area (Å²) in [5.41, 5.74) is 8.15. The molecule has 0 aliphatic heterocycles. The van der Waals surface area contributed by atoms with Crippen molar-refractivity contribution >= 4 is 34.7 Å². The number of amides is 1. The van der Waals surface area contributed by atoms with Crippen molar-refractivity contribution in [3.63, 3.8) is 0 Å². The van der Waals surface area contributed by atoms with Gasteiger partial charge in [-0.1, -0.05) is 17.7 Å². The smallest absolute Gasteiger partial charge is 0.262 e. The Hall–Kier alpha value is -2.53. The lowest BCUT2D eigenvalue weighted by molar-refractivity contribution is -0.118. The zero-order chi connectivity index (χ0) is 17.0. The maximum Gasteiger partial charge on any atom is 0.262 e. The monoisotopic (exact) mass is 332 g/mol. The van der Waals surface area contributed by atoms with Crippen LogP contribution in [0.3, 0.4) is 0 Å². The molecule has 0 aliphatic rings. The summed E-state index contributed by atoms with van der Waals surface area (Å²) in [7, 11) is 0. The quantitative estimate of drug-likeness (QED) is 0.649. The van der Waals surface area contributed by atoms with E-state index in [-0.39, 0.29) is 18.3 Å². The van der Waals surface area contributed by atoms with Gasteiger partial charge in [0.15, 0.2) is 12.4 Å². The molecule has 0 saturated carbocycles. The lowest BCUT2D eigenvalue weighted by Crippen LogP contribution is -2.21. The van der Waals surface area contributed by atoms with E-state index < -0.39 is 0 Å². The minimum Gasteiger partial charge on any atom is -0.482 e. The Kier molecular flexibility index (Phi) is 5.24. The average Bonchev–Trinajstić information content (AvgIpc) is 2.49. The first-order chi connectivity index (χ1) is 10.9. The molecule has 3 N–H and O–H groups in total. The Balaban J connectivity index is 1.99. The Morgan fingerprint density at radius 2 is 1.96 bits per heavy atom. The first kappa shape index (κ1) is 16.8. The number of aryl methyl sites for hydroxylation is 1. The van der Waals surface area contributed by atoms with Crippen LogP contribution in [-0.4, -0.2) is 18.3 Å².